The van der Waals surface area contributed by atoms with Crippen molar-refractivity contribution in [3.05, 3.63) is 67.6 Å². The average Bonchev–Trinajstić information content (AvgIpc) is 0.773. The Kier molecular flexibility index (Phi) is 17.3. The van der Waals surface area contributed by atoms with Gasteiger partial charge in [-0.1, -0.05) is 83.7 Å². The van der Waals surface area contributed by atoms with E-state index in [9.17, 15) is 20.1 Å². The monoisotopic (exact) mass is 1320 g/mol. The molecule has 10 aliphatic rings. The summed E-state index contributed by atoms with van der Waals surface area (Å²) in [5.74, 6) is 5.42. The molecule has 6 fully saturated rings. The van der Waals surface area contributed by atoms with Gasteiger partial charge in [-0.15, -0.1) is 0 Å². The Morgan fingerprint density at radius 2 is 0.944 bits per heavy atom. The third-order valence-electron chi connectivity index (χ3n) is 28.0. The van der Waals surface area contributed by atoms with Gasteiger partial charge in [0.25, 0.3) is 0 Å². The van der Waals surface area contributed by atoms with E-state index in [1.54, 1.807) is 0 Å². The number of aliphatic hydroxyl groups excluding tert-OH is 1. The molecule has 89 heavy (non-hydrogen) atoms. The first kappa shape index (κ1) is 68.9. The summed E-state index contributed by atoms with van der Waals surface area (Å²) >= 11 is 20.1. The SMILES string of the molecule is CC1(C)CCC[C@]2(C)[C@H]3C=C4C(=CC(=O)C(O)=C4Cl)O[C@@]3(C)CC[C@@H]12.CC1(C)CCC[C@]2(C)[C@H]3Cc4c(cc(O)c(O)c4Cl)O[C@@]3(C)CC[C@@H]12.CC1(C)CCC[C@]2(C)[C@H]3Cc4c(cc(O[SiH-](C)(C)C(C)(C)C)c(O[SiH-](C)(C)C(C)(C)C)c4Cl)O[C@@]3(C)CC[C@@H]12. The molecule has 12 rings (SSSR count). The van der Waals surface area contributed by atoms with Crippen molar-refractivity contribution in [1.29, 1.82) is 0 Å². The summed E-state index contributed by atoms with van der Waals surface area (Å²) in [6.45, 7) is 51.9. The molecular formula is C75H115Cl3O9Si2-2. The van der Waals surface area contributed by atoms with Gasteiger partial charge in [-0.3, -0.25) is 4.79 Å². The Labute approximate surface area is 553 Å². The van der Waals surface area contributed by atoms with Crippen LogP contribution in [0.3, 0.4) is 0 Å². The number of aromatic hydroxyl groups is 2. The van der Waals surface area contributed by atoms with Crippen LogP contribution < -0.4 is 18.3 Å². The fraction of sp³-hybridized carbons (Fsp3) is 0.747. The molecule has 14 heteroatoms. The number of allylic oxidation sites excluding steroid dienone is 2. The Bertz CT molecular complexity index is 3250. The molecule has 0 amide bonds. The maximum absolute atomic E-state index is 11.9. The maximum atomic E-state index is 11.9. The number of phenols is 2. The summed E-state index contributed by atoms with van der Waals surface area (Å²) in [6.07, 6.45) is 23.4. The zero-order chi connectivity index (χ0) is 66.0. The van der Waals surface area contributed by atoms with E-state index in [1.165, 1.54) is 82.8 Å². The van der Waals surface area contributed by atoms with Crippen LogP contribution in [0.4, 0.5) is 0 Å². The van der Waals surface area contributed by atoms with Crippen LogP contribution in [-0.4, -0.2) is 54.5 Å². The predicted molar refractivity (Wildman–Crippen MR) is 372 cm³/mol. The summed E-state index contributed by atoms with van der Waals surface area (Å²) in [5.41, 5.74) is 3.58. The number of ether oxygens (including phenoxy) is 3. The molecule has 3 heterocycles. The first-order valence-electron chi connectivity index (χ1n) is 34.7. The van der Waals surface area contributed by atoms with Gasteiger partial charge in [-0.05, 0) is 105 Å². The Balaban J connectivity index is 0.000000153. The second-order valence-electron chi connectivity index (χ2n) is 37.2. The molecule has 9 nitrogen and oxygen atoms in total. The number of halogens is 3. The molecule has 3 aliphatic heterocycles. The number of phenolic OH excluding ortho intramolecular Hbond substituents is 2. The minimum atomic E-state index is -2.52. The topological polar surface area (TPSA) is 124 Å². The number of benzene rings is 2. The molecule has 3 N–H and O–H groups in total. The molecule has 500 valence electrons. The minimum absolute atomic E-state index is 0.0790. The summed E-state index contributed by atoms with van der Waals surface area (Å²) in [4.78, 5) is 11.9. The molecule has 0 spiro atoms. The fourth-order valence-electron chi connectivity index (χ4n) is 20.5. The molecule has 12 atom stereocenters. The van der Waals surface area contributed by atoms with Gasteiger partial charge in [0, 0.05) is 35.1 Å². The molecular weight excluding hydrogens is 1210 g/mol. The van der Waals surface area contributed by atoms with Crippen molar-refractivity contribution >= 4 is 57.2 Å². The van der Waals surface area contributed by atoms with E-state index in [-0.39, 0.29) is 76.4 Å². The van der Waals surface area contributed by atoms with Crippen molar-refractivity contribution in [2.45, 2.75) is 287 Å². The zero-order valence-corrected chi connectivity index (χ0v) is 63.5. The summed E-state index contributed by atoms with van der Waals surface area (Å²) < 4.78 is 34.0. The summed E-state index contributed by atoms with van der Waals surface area (Å²) in [6, 6.07) is 3.68. The van der Waals surface area contributed by atoms with Gasteiger partial charge in [-0.2, -0.15) is 0 Å². The number of hydrogen-bond acceptors (Lipinski definition) is 9. The third-order valence-corrected chi connectivity index (χ3v) is 39.2. The van der Waals surface area contributed by atoms with Crippen molar-refractivity contribution in [3.8, 4) is 34.5 Å². The summed E-state index contributed by atoms with van der Waals surface area (Å²) in [7, 11) is -5.01. The first-order valence-corrected chi connectivity index (χ1v) is 42.5. The molecule has 0 radical (unpaired) electrons. The molecule has 0 aromatic heterocycles. The third kappa shape index (κ3) is 11.5. The Morgan fingerprint density at radius 3 is 1.42 bits per heavy atom. The van der Waals surface area contributed by atoms with Crippen LogP contribution in [0, 0.1) is 68.0 Å². The Hall–Kier alpha value is -2.97. The van der Waals surface area contributed by atoms with Crippen LogP contribution in [0.15, 0.2) is 46.4 Å². The van der Waals surface area contributed by atoms with Crippen molar-refractivity contribution < 1.29 is 43.2 Å². The zero-order valence-electron chi connectivity index (χ0n) is 58.9. The number of fused-ring (bicyclic) bond motifs is 12. The van der Waals surface area contributed by atoms with Crippen molar-refractivity contribution in [2.75, 3.05) is 0 Å². The number of carbonyl (C=O) groups excluding carboxylic acids is 1. The van der Waals surface area contributed by atoms with Gasteiger partial charge in [-0.25, -0.2) is 0 Å². The normalized spacial score (nSPS) is 36.8. The van der Waals surface area contributed by atoms with E-state index in [1.807, 2.05) is 0 Å². The van der Waals surface area contributed by atoms with Crippen LogP contribution >= 0.6 is 34.8 Å². The first-order chi connectivity index (χ1) is 40.6. The second-order valence-corrected chi connectivity index (χ2v) is 49.2. The van der Waals surface area contributed by atoms with Gasteiger partial charge < -0.3 is 24.8 Å². The van der Waals surface area contributed by atoms with E-state index in [0.717, 1.165) is 71.9 Å². The number of carbonyl (C=O) groups is 1. The number of aliphatic hydroxyl groups is 1. The molecule has 0 saturated heterocycles. The molecule has 0 unspecified atom stereocenters. The van der Waals surface area contributed by atoms with Crippen molar-refractivity contribution in [2.24, 2.45) is 68.0 Å². The molecule has 2 aromatic carbocycles. The van der Waals surface area contributed by atoms with Gasteiger partial charge in [0.15, 0.2) is 17.3 Å². The van der Waals surface area contributed by atoms with Crippen LogP contribution in [0.1, 0.15) is 232 Å². The van der Waals surface area contributed by atoms with Gasteiger partial charge in [0.05, 0.1) is 10.1 Å². The molecule has 6 saturated carbocycles. The van der Waals surface area contributed by atoms with Crippen LogP contribution in [0.5, 0.6) is 34.5 Å². The molecule has 7 aliphatic carbocycles. The fourth-order valence-corrected chi connectivity index (χ4v) is 23.8. The van der Waals surface area contributed by atoms with E-state index in [4.69, 9.17) is 57.9 Å². The molecule has 2 aromatic rings. The van der Waals surface area contributed by atoms with Gasteiger partial charge in [0.1, 0.15) is 22.7 Å². The predicted octanol–water partition coefficient (Wildman–Crippen LogP) is 21.6. The average molecular weight is 1320 g/mol. The van der Waals surface area contributed by atoms with Crippen molar-refractivity contribution in [3.63, 3.8) is 0 Å². The van der Waals surface area contributed by atoms with Crippen molar-refractivity contribution in [1.82, 2.24) is 0 Å². The van der Waals surface area contributed by atoms with Crippen LogP contribution in [0.25, 0.3) is 0 Å². The van der Waals surface area contributed by atoms with Crippen LogP contribution in [-0.2, 0) is 22.4 Å². The number of rotatable bonds is 4. The van der Waals surface area contributed by atoms with Crippen LogP contribution in [0.2, 0.25) is 46.3 Å². The summed E-state index contributed by atoms with van der Waals surface area (Å²) in [5, 5.41) is 31.2. The number of hydrogen-bond donors (Lipinski definition) is 3. The van der Waals surface area contributed by atoms with E-state index >= 15 is 0 Å². The Morgan fingerprint density at radius 1 is 0.528 bits per heavy atom. The quantitative estimate of drug-likeness (QED) is 0.203. The standard InChI is InChI=1S/C33H59ClO3Si2.C21H29ClO3.C21H27ClO3/c1-29(2,3)38(11,12)36-24-21-23-22(27(34)28(24)37-39(13,14)30(4,5)6)20-26-32(9)18-15-17-31(7,8)25(32)16-19-33(26,10)35-23;2*1-19(2)7-5-8-20(3)15(19)6-9-21(4)16(20)10-12-14(25-21)11-13(23)18(24)17(12)22/h21,25-26,38-39H,15-20H2,1-14H3;11,15-16,23-24H,5-10H2,1-4H3;10-11,15-16,24H,5-9H2,1-4H3/q-2;;/t25-,26+,32-,33-;2*15-,16+,20-,21-/m000/s1. The van der Waals surface area contributed by atoms with E-state index < -0.39 is 22.4 Å². The van der Waals surface area contributed by atoms with Gasteiger partial charge >= 0.3 is 248 Å². The second kappa shape index (κ2) is 22.3. The van der Waals surface area contributed by atoms with Gasteiger partial charge in [0.2, 0.25) is 5.78 Å². The molecule has 0 bridgehead atoms. The van der Waals surface area contributed by atoms with E-state index in [0.29, 0.717) is 62.9 Å². The van der Waals surface area contributed by atoms with E-state index in [2.05, 4.69) is 163 Å². The number of ketones is 1.